The highest BCUT2D eigenvalue weighted by Crippen LogP contribution is 2.09. The third-order valence-corrected chi connectivity index (χ3v) is 3.16. The van der Waals surface area contributed by atoms with Gasteiger partial charge in [0.15, 0.2) is 4.96 Å². The van der Waals surface area contributed by atoms with Crippen LogP contribution in [0.3, 0.4) is 0 Å². The van der Waals surface area contributed by atoms with Crippen molar-refractivity contribution in [1.82, 2.24) is 14.7 Å². The molecule has 0 fully saturated rings. The van der Waals surface area contributed by atoms with Gasteiger partial charge in [0.2, 0.25) is 0 Å². The summed E-state index contributed by atoms with van der Waals surface area (Å²) < 4.78 is 27.0. The number of carbonyl (C=O) groups excluding carboxylic acids is 1. The summed E-state index contributed by atoms with van der Waals surface area (Å²) in [5, 5.41) is 3.60. The Morgan fingerprint density at radius 2 is 2.25 bits per heavy atom. The van der Waals surface area contributed by atoms with E-state index in [1.807, 2.05) is 5.32 Å². The minimum Gasteiger partial charge on any atom is -0.346 e. The van der Waals surface area contributed by atoms with Crippen molar-refractivity contribution >= 4 is 34.6 Å². The van der Waals surface area contributed by atoms with Crippen molar-refractivity contribution in [2.45, 2.75) is 5.92 Å². The van der Waals surface area contributed by atoms with Crippen LogP contribution in [0.2, 0.25) is 0 Å². The molecule has 0 aliphatic rings. The molecule has 0 saturated heterocycles. The van der Waals surface area contributed by atoms with E-state index < -0.39 is 30.5 Å². The van der Waals surface area contributed by atoms with E-state index in [0.717, 1.165) is 6.20 Å². The summed E-state index contributed by atoms with van der Waals surface area (Å²) in [5.41, 5.74) is 3.96. The summed E-state index contributed by atoms with van der Waals surface area (Å²) in [6.07, 6.45) is 2.53. The Morgan fingerprint density at radius 3 is 2.90 bits per heavy atom. The Hall–Kier alpha value is -1.58. The molecule has 0 saturated carbocycles. The SMILES string of the molecule is Cl.NCC(F)(F)CNC(=O)c1cnc2sccn2c1=O. The molecule has 0 aromatic carbocycles. The van der Waals surface area contributed by atoms with Gasteiger partial charge in [0, 0.05) is 17.8 Å². The largest absolute Gasteiger partial charge is 0.346 e. The molecule has 2 rings (SSSR count). The maximum absolute atomic E-state index is 12.9. The van der Waals surface area contributed by atoms with Gasteiger partial charge in [-0.1, -0.05) is 0 Å². The molecule has 2 aromatic heterocycles. The van der Waals surface area contributed by atoms with Gasteiger partial charge in [0.25, 0.3) is 17.4 Å². The first-order valence-corrected chi connectivity index (χ1v) is 6.13. The number of thiazole rings is 1. The van der Waals surface area contributed by atoms with Gasteiger partial charge in [0.1, 0.15) is 5.56 Å². The number of alkyl halides is 2. The molecule has 2 aromatic rings. The van der Waals surface area contributed by atoms with Gasteiger partial charge in [-0.2, -0.15) is 0 Å². The van der Waals surface area contributed by atoms with Gasteiger partial charge in [-0.15, -0.1) is 23.7 Å². The van der Waals surface area contributed by atoms with Crippen molar-refractivity contribution < 1.29 is 13.6 Å². The number of nitrogens with zero attached hydrogens (tertiary/aromatic N) is 2. The predicted octanol–water partition coefficient (Wildman–Crippen LogP) is 0.502. The predicted molar refractivity (Wildman–Crippen MR) is 72.9 cm³/mol. The second-order valence-corrected chi connectivity index (χ2v) is 4.65. The number of halogens is 3. The third kappa shape index (κ3) is 3.30. The van der Waals surface area contributed by atoms with Crippen LogP contribution in [0.25, 0.3) is 4.96 Å². The van der Waals surface area contributed by atoms with Crippen molar-refractivity contribution in [1.29, 1.82) is 0 Å². The summed E-state index contributed by atoms with van der Waals surface area (Å²) >= 11 is 1.23. The molecule has 2 heterocycles. The first kappa shape index (κ1) is 16.5. The van der Waals surface area contributed by atoms with E-state index in [2.05, 4.69) is 4.98 Å². The highest BCUT2D eigenvalue weighted by Gasteiger charge is 2.28. The van der Waals surface area contributed by atoms with Gasteiger partial charge in [-0.05, 0) is 0 Å². The van der Waals surface area contributed by atoms with E-state index in [1.54, 1.807) is 5.38 Å². The number of rotatable bonds is 4. The summed E-state index contributed by atoms with van der Waals surface area (Å²) in [4.78, 5) is 27.9. The number of amides is 1. The van der Waals surface area contributed by atoms with E-state index in [-0.39, 0.29) is 18.0 Å². The molecule has 0 spiro atoms. The van der Waals surface area contributed by atoms with Gasteiger partial charge in [0.05, 0.1) is 13.1 Å². The fraction of sp³-hybridized carbons (Fsp3) is 0.300. The number of nitrogens with one attached hydrogen (secondary N) is 1. The maximum atomic E-state index is 12.9. The molecule has 0 unspecified atom stereocenters. The molecule has 0 aliphatic heterocycles. The Labute approximate surface area is 122 Å². The standard InChI is InChI=1S/C10H10F2N4O2S.ClH/c11-10(12,4-13)5-15-7(17)6-3-14-9-16(8(6)18)1-2-19-9;/h1-3H,4-5,13H2,(H,15,17);1H. The van der Waals surface area contributed by atoms with Crippen molar-refractivity contribution in [3.63, 3.8) is 0 Å². The number of carbonyl (C=O) groups is 1. The molecular formula is C10H11ClF2N4O2S. The molecule has 3 N–H and O–H groups in total. The molecule has 6 nitrogen and oxygen atoms in total. The number of hydrogen-bond acceptors (Lipinski definition) is 5. The zero-order chi connectivity index (χ0) is 14.0. The van der Waals surface area contributed by atoms with Gasteiger partial charge < -0.3 is 11.1 Å². The molecule has 0 radical (unpaired) electrons. The lowest BCUT2D eigenvalue weighted by Gasteiger charge is -2.14. The Bertz CT molecular complexity index is 673. The van der Waals surface area contributed by atoms with Crippen LogP contribution in [0.15, 0.2) is 22.6 Å². The van der Waals surface area contributed by atoms with Crippen molar-refractivity contribution in [2.24, 2.45) is 5.73 Å². The Morgan fingerprint density at radius 1 is 1.55 bits per heavy atom. The highest BCUT2D eigenvalue weighted by molar-refractivity contribution is 7.15. The van der Waals surface area contributed by atoms with E-state index in [4.69, 9.17) is 5.73 Å². The normalized spacial score (nSPS) is 11.2. The number of nitrogens with two attached hydrogens (primary N) is 1. The quantitative estimate of drug-likeness (QED) is 0.857. The average Bonchev–Trinajstić information content (AvgIpc) is 2.86. The number of aromatic nitrogens is 2. The van der Waals surface area contributed by atoms with Gasteiger partial charge in [-0.25, -0.2) is 13.8 Å². The Kier molecular flexibility index (Phi) is 5.15. The summed E-state index contributed by atoms with van der Waals surface area (Å²) in [5.74, 6) is -4.10. The lowest BCUT2D eigenvalue weighted by atomic mass is 10.3. The van der Waals surface area contributed by atoms with Crippen molar-refractivity contribution in [3.05, 3.63) is 33.7 Å². The molecule has 0 aliphatic carbocycles. The average molecular weight is 325 g/mol. The monoisotopic (exact) mass is 324 g/mol. The van der Waals surface area contributed by atoms with Crippen LogP contribution in [-0.4, -0.2) is 34.3 Å². The molecule has 10 heteroatoms. The molecule has 0 bridgehead atoms. The lowest BCUT2D eigenvalue weighted by Crippen LogP contribution is -2.42. The number of hydrogen-bond donors (Lipinski definition) is 2. The van der Waals surface area contributed by atoms with Crippen molar-refractivity contribution in [3.8, 4) is 0 Å². The van der Waals surface area contributed by atoms with Crippen LogP contribution in [0, 0.1) is 0 Å². The van der Waals surface area contributed by atoms with Crippen LogP contribution < -0.4 is 16.6 Å². The van der Waals surface area contributed by atoms with E-state index in [0.29, 0.717) is 4.96 Å². The second kappa shape index (κ2) is 6.25. The highest BCUT2D eigenvalue weighted by atomic mass is 35.5. The van der Waals surface area contributed by atoms with E-state index in [1.165, 1.54) is 21.9 Å². The van der Waals surface area contributed by atoms with Crippen LogP contribution in [0.5, 0.6) is 0 Å². The fourth-order valence-corrected chi connectivity index (χ4v) is 2.03. The topological polar surface area (TPSA) is 89.5 Å². The molecular weight excluding hydrogens is 314 g/mol. The summed E-state index contributed by atoms with van der Waals surface area (Å²) in [7, 11) is 0. The maximum Gasteiger partial charge on any atom is 0.277 e. The van der Waals surface area contributed by atoms with E-state index >= 15 is 0 Å². The molecule has 1 amide bonds. The molecule has 0 atom stereocenters. The summed E-state index contributed by atoms with van der Waals surface area (Å²) in [6, 6.07) is 0. The smallest absolute Gasteiger partial charge is 0.277 e. The second-order valence-electron chi connectivity index (χ2n) is 3.78. The zero-order valence-electron chi connectivity index (χ0n) is 10.0. The third-order valence-electron chi connectivity index (χ3n) is 2.39. The van der Waals surface area contributed by atoms with Crippen molar-refractivity contribution in [2.75, 3.05) is 13.1 Å². The van der Waals surface area contributed by atoms with Crippen LogP contribution in [0.4, 0.5) is 8.78 Å². The lowest BCUT2D eigenvalue weighted by molar-refractivity contribution is 0.0118. The first-order valence-electron chi connectivity index (χ1n) is 5.25. The number of fused-ring (bicyclic) bond motifs is 1. The minimum absolute atomic E-state index is 0. The fourth-order valence-electron chi connectivity index (χ4n) is 1.36. The van der Waals surface area contributed by atoms with Crippen LogP contribution >= 0.6 is 23.7 Å². The molecule has 110 valence electrons. The molecule has 20 heavy (non-hydrogen) atoms. The van der Waals surface area contributed by atoms with Gasteiger partial charge >= 0.3 is 0 Å². The Balaban J connectivity index is 0.00000200. The van der Waals surface area contributed by atoms with E-state index in [9.17, 15) is 18.4 Å². The first-order chi connectivity index (χ1) is 8.94. The summed E-state index contributed by atoms with van der Waals surface area (Å²) in [6.45, 7) is -1.80. The minimum atomic E-state index is -3.20. The zero-order valence-corrected chi connectivity index (χ0v) is 11.6. The van der Waals surface area contributed by atoms with Crippen LogP contribution in [0.1, 0.15) is 10.4 Å². The van der Waals surface area contributed by atoms with Crippen LogP contribution in [-0.2, 0) is 0 Å². The van der Waals surface area contributed by atoms with Gasteiger partial charge in [-0.3, -0.25) is 14.0 Å².